The van der Waals surface area contributed by atoms with Crippen LogP contribution in [0.5, 0.6) is 0 Å². The third kappa shape index (κ3) is 1.51. The Balaban J connectivity index is 2.87. The number of benzene rings is 1. The summed E-state index contributed by atoms with van der Waals surface area (Å²) >= 11 is 8.66. The van der Waals surface area contributed by atoms with Crippen molar-refractivity contribution in [2.75, 3.05) is 0 Å². The largest absolute Gasteiger partial charge is 0.248 e. The summed E-state index contributed by atoms with van der Waals surface area (Å²) in [5, 5.41) is 0.259. The van der Waals surface area contributed by atoms with Crippen molar-refractivity contribution in [1.29, 1.82) is 0 Å². The molecule has 0 aliphatic heterocycles. The highest BCUT2D eigenvalue weighted by atomic mass is 79.9. The number of rotatable bonds is 0. The predicted molar refractivity (Wildman–Crippen MR) is 52.2 cm³/mol. The lowest BCUT2D eigenvalue weighted by atomic mass is 10.3. The summed E-state index contributed by atoms with van der Waals surface area (Å²) in [7, 11) is 0. The topological polar surface area (TPSA) is 25.8 Å². The first-order valence-corrected chi connectivity index (χ1v) is 4.62. The molecule has 66 valence electrons. The molecule has 0 aliphatic rings. The number of fused-ring (bicyclic) bond motifs is 1. The van der Waals surface area contributed by atoms with E-state index >= 15 is 0 Å². The van der Waals surface area contributed by atoms with E-state index in [0.717, 1.165) is 0 Å². The fourth-order valence-electron chi connectivity index (χ4n) is 1.00. The van der Waals surface area contributed by atoms with Gasteiger partial charge in [-0.2, -0.15) is 0 Å². The van der Waals surface area contributed by atoms with E-state index in [2.05, 4.69) is 25.9 Å². The average molecular weight is 261 g/mol. The average Bonchev–Trinajstić information content (AvgIpc) is 2.12. The van der Waals surface area contributed by atoms with Crippen molar-refractivity contribution >= 4 is 38.6 Å². The van der Waals surface area contributed by atoms with Crippen molar-refractivity contribution in [3.8, 4) is 0 Å². The van der Waals surface area contributed by atoms with Crippen LogP contribution in [0.25, 0.3) is 11.0 Å². The lowest BCUT2D eigenvalue weighted by Gasteiger charge is -1.99. The van der Waals surface area contributed by atoms with E-state index in [1.54, 1.807) is 12.1 Å². The first kappa shape index (κ1) is 8.84. The zero-order valence-electron chi connectivity index (χ0n) is 6.26. The van der Waals surface area contributed by atoms with Crippen molar-refractivity contribution < 1.29 is 4.39 Å². The van der Waals surface area contributed by atoms with Crippen LogP contribution in [-0.2, 0) is 0 Å². The Kier molecular flexibility index (Phi) is 2.17. The first-order chi connectivity index (χ1) is 6.18. The van der Waals surface area contributed by atoms with Crippen molar-refractivity contribution in [3.63, 3.8) is 0 Å². The van der Waals surface area contributed by atoms with Crippen LogP contribution in [0.15, 0.2) is 22.8 Å². The number of nitrogens with zero attached hydrogens (tertiary/aromatic N) is 2. The molecule has 0 N–H and O–H groups in total. The molecule has 0 saturated heterocycles. The molecule has 1 heterocycles. The number of hydrogen-bond acceptors (Lipinski definition) is 2. The lowest BCUT2D eigenvalue weighted by molar-refractivity contribution is 0.630. The van der Waals surface area contributed by atoms with Crippen LogP contribution in [0.4, 0.5) is 4.39 Å². The monoisotopic (exact) mass is 260 g/mol. The number of halogens is 3. The Morgan fingerprint density at radius 2 is 2.15 bits per heavy atom. The van der Waals surface area contributed by atoms with Gasteiger partial charge >= 0.3 is 0 Å². The second kappa shape index (κ2) is 3.20. The van der Waals surface area contributed by atoms with Gasteiger partial charge in [-0.05, 0) is 28.1 Å². The van der Waals surface area contributed by atoms with Crippen molar-refractivity contribution in [1.82, 2.24) is 9.97 Å². The molecule has 2 rings (SSSR count). The van der Waals surface area contributed by atoms with Gasteiger partial charge in [-0.3, -0.25) is 0 Å². The molecule has 0 amide bonds. The summed E-state index contributed by atoms with van der Waals surface area (Å²) in [4.78, 5) is 7.76. The number of hydrogen-bond donors (Lipinski definition) is 0. The van der Waals surface area contributed by atoms with Crippen LogP contribution >= 0.6 is 27.5 Å². The van der Waals surface area contributed by atoms with Gasteiger partial charge in [-0.25, -0.2) is 14.4 Å². The van der Waals surface area contributed by atoms with Crippen molar-refractivity contribution in [2.45, 2.75) is 0 Å². The quantitative estimate of drug-likeness (QED) is 0.728. The highest BCUT2D eigenvalue weighted by Crippen LogP contribution is 2.22. The third-order valence-corrected chi connectivity index (χ3v) is 2.37. The standard InChI is InChI=1S/C8H3BrClFN2/c9-4-1-2-5-8(7(4)11)12-3-6(10)13-5/h1-3H. The van der Waals surface area contributed by atoms with Gasteiger partial charge in [-0.15, -0.1) is 0 Å². The van der Waals surface area contributed by atoms with Crippen LogP contribution in [-0.4, -0.2) is 9.97 Å². The highest BCUT2D eigenvalue weighted by molar-refractivity contribution is 9.10. The Bertz CT molecular complexity index is 475. The first-order valence-electron chi connectivity index (χ1n) is 3.45. The Labute approximate surface area is 86.9 Å². The number of aromatic nitrogens is 2. The molecule has 2 aromatic rings. The maximum Gasteiger partial charge on any atom is 0.165 e. The highest BCUT2D eigenvalue weighted by Gasteiger charge is 2.07. The van der Waals surface area contributed by atoms with Crippen LogP contribution in [0.2, 0.25) is 5.15 Å². The molecule has 0 fully saturated rings. The molecule has 0 bridgehead atoms. The van der Waals surface area contributed by atoms with Crippen LogP contribution in [0.1, 0.15) is 0 Å². The van der Waals surface area contributed by atoms with Gasteiger partial charge in [0.15, 0.2) is 5.82 Å². The summed E-state index contributed by atoms with van der Waals surface area (Å²) < 4.78 is 13.7. The van der Waals surface area contributed by atoms with E-state index in [1.165, 1.54) is 6.20 Å². The second-order valence-corrected chi connectivity index (χ2v) is 3.66. The normalized spacial score (nSPS) is 10.7. The molecule has 2 nitrogen and oxygen atoms in total. The zero-order chi connectivity index (χ0) is 9.42. The van der Waals surface area contributed by atoms with E-state index in [1.807, 2.05) is 0 Å². The molecule has 5 heteroatoms. The van der Waals surface area contributed by atoms with Gasteiger partial charge in [0.1, 0.15) is 10.7 Å². The Morgan fingerprint density at radius 1 is 1.38 bits per heavy atom. The van der Waals surface area contributed by atoms with Gasteiger partial charge in [0.05, 0.1) is 16.2 Å². The summed E-state index contributed by atoms with van der Waals surface area (Å²) in [6.07, 6.45) is 1.32. The minimum atomic E-state index is -0.415. The van der Waals surface area contributed by atoms with Gasteiger partial charge < -0.3 is 0 Å². The molecule has 0 radical (unpaired) electrons. The van der Waals surface area contributed by atoms with Gasteiger partial charge in [0, 0.05) is 0 Å². The summed E-state index contributed by atoms with van der Waals surface area (Å²) in [6.45, 7) is 0. The van der Waals surface area contributed by atoms with E-state index < -0.39 is 5.82 Å². The fourth-order valence-corrected chi connectivity index (χ4v) is 1.46. The molecule has 1 aromatic carbocycles. The predicted octanol–water partition coefficient (Wildman–Crippen LogP) is 3.18. The van der Waals surface area contributed by atoms with Gasteiger partial charge in [0.25, 0.3) is 0 Å². The smallest absolute Gasteiger partial charge is 0.165 e. The lowest BCUT2D eigenvalue weighted by Crippen LogP contribution is -1.88. The molecule has 0 saturated carbocycles. The minimum Gasteiger partial charge on any atom is -0.248 e. The molecule has 1 aromatic heterocycles. The van der Waals surface area contributed by atoms with Crippen LogP contribution in [0.3, 0.4) is 0 Å². The molecule has 0 spiro atoms. The van der Waals surface area contributed by atoms with Crippen LogP contribution < -0.4 is 0 Å². The second-order valence-electron chi connectivity index (χ2n) is 2.42. The van der Waals surface area contributed by atoms with Gasteiger partial charge in [-0.1, -0.05) is 11.6 Å². The molecule has 0 aliphatic carbocycles. The van der Waals surface area contributed by atoms with E-state index in [9.17, 15) is 4.39 Å². The third-order valence-electron chi connectivity index (χ3n) is 1.58. The Hall–Kier alpha value is -0.740. The molecule has 0 unspecified atom stereocenters. The van der Waals surface area contributed by atoms with Crippen molar-refractivity contribution in [3.05, 3.63) is 33.8 Å². The minimum absolute atomic E-state index is 0.221. The molecular weight excluding hydrogens is 258 g/mol. The van der Waals surface area contributed by atoms with E-state index in [-0.39, 0.29) is 10.7 Å². The van der Waals surface area contributed by atoms with E-state index in [0.29, 0.717) is 9.99 Å². The fraction of sp³-hybridized carbons (Fsp3) is 0. The van der Waals surface area contributed by atoms with Gasteiger partial charge in [0.2, 0.25) is 0 Å². The summed E-state index contributed by atoms with van der Waals surface area (Å²) in [5.74, 6) is -0.415. The van der Waals surface area contributed by atoms with Crippen LogP contribution in [0, 0.1) is 5.82 Å². The Morgan fingerprint density at radius 3 is 2.92 bits per heavy atom. The summed E-state index contributed by atoms with van der Waals surface area (Å²) in [6, 6.07) is 3.23. The molecular formula is C8H3BrClFN2. The SMILES string of the molecule is Fc1c(Br)ccc2nc(Cl)cnc12. The summed E-state index contributed by atoms with van der Waals surface area (Å²) in [5.41, 5.74) is 0.673. The zero-order valence-corrected chi connectivity index (χ0v) is 8.60. The van der Waals surface area contributed by atoms with Crippen molar-refractivity contribution in [2.24, 2.45) is 0 Å². The molecule has 13 heavy (non-hydrogen) atoms. The maximum atomic E-state index is 13.3. The molecule has 0 atom stereocenters. The van der Waals surface area contributed by atoms with E-state index in [4.69, 9.17) is 11.6 Å². The maximum absolute atomic E-state index is 13.3.